The largest absolute Gasteiger partial charge is 0.480 e. The van der Waals surface area contributed by atoms with E-state index in [1.54, 1.807) is 13.8 Å². The van der Waals surface area contributed by atoms with Crippen molar-refractivity contribution in [3.63, 3.8) is 0 Å². The van der Waals surface area contributed by atoms with Crippen molar-refractivity contribution in [3.8, 4) is 0 Å². The third kappa shape index (κ3) is 3.02. The summed E-state index contributed by atoms with van der Waals surface area (Å²) >= 11 is 1.41. The maximum atomic E-state index is 10.9. The number of nitrogens with zero attached hydrogens (tertiary/aromatic N) is 2. The summed E-state index contributed by atoms with van der Waals surface area (Å²) < 4.78 is 4.55. The lowest BCUT2D eigenvalue weighted by Crippen LogP contribution is -2.46. The van der Waals surface area contributed by atoms with Crippen LogP contribution >= 0.6 is 11.8 Å². The molecule has 0 aliphatic heterocycles. The quantitative estimate of drug-likeness (QED) is 0.805. The Morgan fingerprint density at radius 3 is 2.89 bits per heavy atom. The van der Waals surface area contributed by atoms with E-state index in [0.29, 0.717) is 17.6 Å². The summed E-state index contributed by atoms with van der Waals surface area (Å²) in [5.41, 5.74) is 5.63. The Hall–Kier alpha value is -1.08. The summed E-state index contributed by atoms with van der Waals surface area (Å²) in [5.74, 6) is 1.24. The van der Waals surface area contributed by atoms with Crippen molar-refractivity contribution < 1.29 is 14.4 Å². The predicted molar refractivity (Wildman–Crippen MR) is 67.3 cm³/mol. The number of nitrogens with two attached hydrogens (primary N) is 1. The lowest BCUT2D eigenvalue weighted by molar-refractivity contribution is -0.139. The Labute approximate surface area is 109 Å². The number of aromatic nitrogens is 2. The summed E-state index contributed by atoms with van der Waals surface area (Å²) in [4.78, 5) is 15.2. The van der Waals surface area contributed by atoms with Gasteiger partial charge in [-0.15, -0.1) is 11.8 Å². The molecule has 1 aromatic rings. The smallest absolute Gasteiger partial charge is 0.321 e. The first-order valence-electron chi connectivity index (χ1n) is 5.85. The second kappa shape index (κ2) is 4.89. The minimum Gasteiger partial charge on any atom is -0.480 e. The third-order valence-electron chi connectivity index (χ3n) is 3.01. The number of rotatable bonds is 6. The summed E-state index contributed by atoms with van der Waals surface area (Å²) in [5, 5.41) is 12.8. The third-order valence-corrected chi connectivity index (χ3v) is 4.40. The number of hydrogen-bond acceptors (Lipinski definition) is 6. The van der Waals surface area contributed by atoms with E-state index in [1.165, 1.54) is 11.8 Å². The van der Waals surface area contributed by atoms with Crippen LogP contribution < -0.4 is 5.73 Å². The van der Waals surface area contributed by atoms with Gasteiger partial charge in [-0.2, -0.15) is 4.98 Å². The molecule has 0 radical (unpaired) electrons. The van der Waals surface area contributed by atoms with Gasteiger partial charge in [-0.3, -0.25) is 4.79 Å². The molecule has 6 nitrogen and oxygen atoms in total. The fourth-order valence-electron chi connectivity index (χ4n) is 1.47. The van der Waals surface area contributed by atoms with Gasteiger partial charge in [0, 0.05) is 10.7 Å². The fourth-order valence-corrected chi connectivity index (χ4v) is 2.36. The standard InChI is InChI=1S/C11H17N3O3S/c1-11(2,8(12)10(15)16)18-5-7-13-9(14-17-7)6-3-4-6/h6,8H,3-5,12H2,1-2H3,(H,15,16)/t8-/m1/s1. The van der Waals surface area contributed by atoms with Crippen molar-refractivity contribution in [3.05, 3.63) is 11.7 Å². The topological polar surface area (TPSA) is 102 Å². The van der Waals surface area contributed by atoms with E-state index in [2.05, 4.69) is 10.1 Å². The summed E-state index contributed by atoms with van der Waals surface area (Å²) in [7, 11) is 0. The van der Waals surface area contributed by atoms with Crippen LogP contribution in [-0.2, 0) is 10.5 Å². The molecule has 3 N–H and O–H groups in total. The summed E-state index contributed by atoms with van der Waals surface area (Å²) in [6.45, 7) is 3.60. The summed E-state index contributed by atoms with van der Waals surface area (Å²) in [6, 6.07) is -0.923. The second-order valence-corrected chi connectivity index (χ2v) is 6.66. The fraction of sp³-hybridized carbons (Fsp3) is 0.727. The first kappa shape index (κ1) is 13.4. The SMILES string of the molecule is CC(C)(SCc1nc(C2CC2)no1)[C@H](N)C(=O)O. The van der Waals surface area contributed by atoms with Crippen LogP contribution in [-0.4, -0.2) is 32.0 Å². The predicted octanol–water partition coefficient (Wildman–Crippen LogP) is 1.37. The molecule has 1 atom stereocenters. The van der Waals surface area contributed by atoms with Crippen molar-refractivity contribution >= 4 is 17.7 Å². The highest BCUT2D eigenvalue weighted by molar-refractivity contribution is 7.99. The molecule has 7 heteroatoms. The Morgan fingerprint density at radius 2 is 2.33 bits per heavy atom. The normalized spacial score (nSPS) is 17.7. The van der Waals surface area contributed by atoms with Gasteiger partial charge >= 0.3 is 5.97 Å². The molecule has 100 valence electrons. The summed E-state index contributed by atoms with van der Waals surface area (Å²) in [6.07, 6.45) is 2.25. The highest BCUT2D eigenvalue weighted by Crippen LogP contribution is 2.38. The van der Waals surface area contributed by atoms with Gasteiger partial charge in [0.1, 0.15) is 6.04 Å². The molecule has 0 bridgehead atoms. The van der Waals surface area contributed by atoms with E-state index in [9.17, 15) is 4.79 Å². The molecular formula is C11H17N3O3S. The van der Waals surface area contributed by atoms with E-state index < -0.39 is 16.8 Å². The van der Waals surface area contributed by atoms with Crippen molar-refractivity contribution in [1.82, 2.24) is 10.1 Å². The molecule has 0 amide bonds. The van der Waals surface area contributed by atoms with Gasteiger partial charge in [0.05, 0.1) is 5.75 Å². The van der Waals surface area contributed by atoms with Crippen molar-refractivity contribution in [2.75, 3.05) is 0 Å². The monoisotopic (exact) mass is 271 g/mol. The van der Waals surface area contributed by atoms with Crippen LogP contribution in [0.15, 0.2) is 4.52 Å². The van der Waals surface area contributed by atoms with Gasteiger partial charge in [-0.05, 0) is 26.7 Å². The highest BCUT2D eigenvalue weighted by Gasteiger charge is 2.33. The molecule has 0 aromatic carbocycles. The Balaban J connectivity index is 1.91. The molecular weight excluding hydrogens is 254 g/mol. The number of thioether (sulfide) groups is 1. The lowest BCUT2D eigenvalue weighted by atomic mass is 10.1. The second-order valence-electron chi connectivity index (χ2n) is 5.03. The molecule has 1 aliphatic carbocycles. The number of carboxylic acids is 1. The van der Waals surface area contributed by atoms with Gasteiger partial charge in [0.2, 0.25) is 5.89 Å². The van der Waals surface area contributed by atoms with Gasteiger partial charge < -0.3 is 15.4 Å². The van der Waals surface area contributed by atoms with Crippen LogP contribution in [0.1, 0.15) is 44.3 Å². The first-order valence-corrected chi connectivity index (χ1v) is 6.83. The molecule has 1 fully saturated rings. The Bertz CT molecular complexity index is 442. The van der Waals surface area contributed by atoms with Crippen LogP contribution in [0.25, 0.3) is 0 Å². The highest BCUT2D eigenvalue weighted by atomic mass is 32.2. The lowest BCUT2D eigenvalue weighted by Gasteiger charge is -2.27. The van der Waals surface area contributed by atoms with Crippen LogP contribution in [0.5, 0.6) is 0 Å². The van der Waals surface area contributed by atoms with Crippen LogP contribution in [0.2, 0.25) is 0 Å². The molecule has 1 aliphatic rings. The number of carbonyl (C=O) groups is 1. The molecule has 2 rings (SSSR count). The van der Waals surface area contributed by atoms with Crippen LogP contribution in [0.3, 0.4) is 0 Å². The number of aliphatic carboxylic acids is 1. The van der Waals surface area contributed by atoms with Gasteiger partial charge in [0.25, 0.3) is 0 Å². The van der Waals surface area contributed by atoms with Gasteiger partial charge in [-0.25, -0.2) is 0 Å². The van der Waals surface area contributed by atoms with Crippen molar-refractivity contribution in [2.24, 2.45) is 5.73 Å². The average Bonchev–Trinajstić information content (AvgIpc) is 3.05. The van der Waals surface area contributed by atoms with E-state index in [4.69, 9.17) is 15.4 Å². The van der Waals surface area contributed by atoms with Crippen molar-refractivity contribution in [2.45, 2.75) is 49.1 Å². The van der Waals surface area contributed by atoms with Crippen LogP contribution in [0.4, 0.5) is 0 Å². The van der Waals surface area contributed by atoms with E-state index in [0.717, 1.165) is 18.7 Å². The zero-order chi connectivity index (χ0) is 13.3. The first-order chi connectivity index (χ1) is 8.40. The van der Waals surface area contributed by atoms with Crippen LogP contribution in [0, 0.1) is 0 Å². The average molecular weight is 271 g/mol. The molecule has 0 unspecified atom stereocenters. The van der Waals surface area contributed by atoms with E-state index in [1.807, 2.05) is 0 Å². The molecule has 18 heavy (non-hydrogen) atoms. The van der Waals surface area contributed by atoms with E-state index >= 15 is 0 Å². The minimum atomic E-state index is -1.00. The maximum absolute atomic E-state index is 10.9. The maximum Gasteiger partial charge on any atom is 0.321 e. The Morgan fingerprint density at radius 1 is 1.67 bits per heavy atom. The number of carboxylic acid groups (broad SMARTS) is 1. The Kier molecular flexibility index (Phi) is 3.63. The molecule has 1 saturated carbocycles. The minimum absolute atomic E-state index is 0.460. The zero-order valence-corrected chi connectivity index (χ0v) is 11.2. The number of hydrogen-bond donors (Lipinski definition) is 2. The van der Waals surface area contributed by atoms with Crippen molar-refractivity contribution in [1.29, 1.82) is 0 Å². The van der Waals surface area contributed by atoms with Gasteiger partial charge in [-0.1, -0.05) is 5.16 Å². The molecule has 1 heterocycles. The van der Waals surface area contributed by atoms with Gasteiger partial charge in [0.15, 0.2) is 5.82 Å². The molecule has 1 aromatic heterocycles. The zero-order valence-electron chi connectivity index (χ0n) is 10.4. The molecule has 0 saturated heterocycles. The van der Waals surface area contributed by atoms with E-state index in [-0.39, 0.29) is 0 Å². The molecule has 0 spiro atoms.